The monoisotopic (exact) mass is 202 g/mol. The summed E-state index contributed by atoms with van der Waals surface area (Å²) in [6.45, 7) is 3.36. The molecule has 1 heterocycles. The van der Waals surface area contributed by atoms with Crippen LogP contribution in [0.4, 0.5) is 0 Å². The van der Waals surface area contributed by atoms with E-state index < -0.39 is 0 Å². The Balaban J connectivity index is 2.00. The summed E-state index contributed by atoms with van der Waals surface area (Å²) in [7, 11) is 2.34. The van der Waals surface area contributed by atoms with Crippen molar-refractivity contribution in [2.45, 2.75) is 31.7 Å². The highest BCUT2D eigenvalue weighted by atomic mass is 16.5. The van der Waals surface area contributed by atoms with Crippen molar-refractivity contribution in [2.75, 3.05) is 6.61 Å². The van der Waals surface area contributed by atoms with E-state index in [0.717, 1.165) is 12.5 Å². The largest absolute Gasteiger partial charge is 0.374 e. The standard InChI is InChI=1S/C13H19BO/c1-13-6-3-2-4-9(13)12-10(14)8-15-11(12)5-7-13/h2,4-5,7,9-12H,3,6,8,14H2,1H3/t9?,10?,11?,12-,13?/m1/s1. The molecule has 1 fully saturated rings. The van der Waals surface area contributed by atoms with Gasteiger partial charge < -0.3 is 4.74 Å². The van der Waals surface area contributed by atoms with E-state index in [1.54, 1.807) is 0 Å². The fourth-order valence-electron chi connectivity index (χ4n) is 3.65. The van der Waals surface area contributed by atoms with E-state index in [-0.39, 0.29) is 0 Å². The molecule has 15 heavy (non-hydrogen) atoms. The van der Waals surface area contributed by atoms with Gasteiger partial charge in [0.15, 0.2) is 0 Å². The van der Waals surface area contributed by atoms with Crippen LogP contribution in [-0.4, -0.2) is 20.6 Å². The predicted molar refractivity (Wildman–Crippen MR) is 64.6 cm³/mol. The van der Waals surface area contributed by atoms with Crippen molar-refractivity contribution >= 4 is 7.85 Å². The van der Waals surface area contributed by atoms with E-state index in [0.29, 0.717) is 23.3 Å². The highest BCUT2D eigenvalue weighted by Gasteiger charge is 2.47. The molecule has 0 aromatic heterocycles. The molecule has 2 aliphatic carbocycles. The zero-order valence-corrected chi connectivity index (χ0v) is 9.65. The second-order valence-corrected chi connectivity index (χ2v) is 5.71. The van der Waals surface area contributed by atoms with Gasteiger partial charge in [0.05, 0.1) is 6.10 Å². The Morgan fingerprint density at radius 3 is 3.13 bits per heavy atom. The van der Waals surface area contributed by atoms with Crippen LogP contribution in [0.25, 0.3) is 0 Å². The number of hydrogen-bond acceptors (Lipinski definition) is 1. The van der Waals surface area contributed by atoms with Crippen molar-refractivity contribution in [2.24, 2.45) is 17.3 Å². The molecule has 0 spiro atoms. The zero-order valence-electron chi connectivity index (χ0n) is 9.65. The molecule has 0 bridgehead atoms. The molecule has 0 saturated carbocycles. The van der Waals surface area contributed by atoms with Crippen molar-refractivity contribution in [3.05, 3.63) is 24.3 Å². The first kappa shape index (κ1) is 9.71. The van der Waals surface area contributed by atoms with Gasteiger partial charge in [-0.05, 0) is 35.9 Å². The third kappa shape index (κ3) is 1.34. The zero-order chi connectivity index (χ0) is 10.5. The molecular weight excluding hydrogens is 183 g/mol. The number of allylic oxidation sites excluding steroid dienone is 3. The minimum atomic E-state index is 0.390. The van der Waals surface area contributed by atoms with Gasteiger partial charge in [-0.1, -0.05) is 31.2 Å². The van der Waals surface area contributed by atoms with Gasteiger partial charge in [0.2, 0.25) is 0 Å². The Kier molecular flexibility index (Phi) is 2.10. The first-order valence-corrected chi connectivity index (χ1v) is 6.18. The molecule has 2 heteroatoms. The normalized spacial score (nSPS) is 52.6. The summed E-state index contributed by atoms with van der Waals surface area (Å²) in [5, 5.41) is 0. The van der Waals surface area contributed by atoms with E-state index >= 15 is 0 Å². The van der Waals surface area contributed by atoms with E-state index in [1.807, 2.05) is 0 Å². The predicted octanol–water partition coefficient (Wildman–Crippen LogP) is 1.97. The van der Waals surface area contributed by atoms with Crippen LogP contribution in [-0.2, 0) is 4.74 Å². The van der Waals surface area contributed by atoms with Crippen LogP contribution in [0.5, 0.6) is 0 Å². The first-order valence-electron chi connectivity index (χ1n) is 6.18. The number of fused-ring (bicyclic) bond motifs is 3. The van der Waals surface area contributed by atoms with E-state index in [9.17, 15) is 0 Å². The fraction of sp³-hybridized carbons (Fsp3) is 0.692. The fourth-order valence-corrected chi connectivity index (χ4v) is 3.65. The molecule has 0 aromatic carbocycles. The summed E-state index contributed by atoms with van der Waals surface area (Å²) in [6, 6.07) is 0. The van der Waals surface area contributed by atoms with Crippen LogP contribution >= 0.6 is 0 Å². The van der Waals surface area contributed by atoms with Gasteiger partial charge in [-0.2, -0.15) is 0 Å². The van der Waals surface area contributed by atoms with Gasteiger partial charge in [0, 0.05) is 6.61 Å². The van der Waals surface area contributed by atoms with Gasteiger partial charge in [0.1, 0.15) is 7.85 Å². The smallest absolute Gasteiger partial charge is 0.108 e. The van der Waals surface area contributed by atoms with Crippen molar-refractivity contribution in [3.63, 3.8) is 0 Å². The molecule has 0 radical (unpaired) electrons. The average Bonchev–Trinajstić information content (AvgIpc) is 2.60. The molecular formula is C13H19BO. The highest BCUT2D eigenvalue weighted by molar-refractivity contribution is 6.12. The highest BCUT2D eigenvalue weighted by Crippen LogP contribution is 2.52. The molecule has 1 nitrogen and oxygen atoms in total. The summed E-state index contributed by atoms with van der Waals surface area (Å²) in [4.78, 5) is 0. The summed E-state index contributed by atoms with van der Waals surface area (Å²) < 4.78 is 5.84. The third-order valence-corrected chi connectivity index (χ3v) is 4.62. The van der Waals surface area contributed by atoms with Crippen LogP contribution in [0.15, 0.2) is 24.3 Å². The van der Waals surface area contributed by atoms with Gasteiger partial charge in [0.25, 0.3) is 0 Å². The number of ether oxygens (including phenoxy) is 1. The molecule has 1 saturated heterocycles. The Labute approximate surface area is 93.0 Å². The van der Waals surface area contributed by atoms with E-state index in [2.05, 4.69) is 39.1 Å². The van der Waals surface area contributed by atoms with E-state index in [1.165, 1.54) is 12.8 Å². The van der Waals surface area contributed by atoms with Gasteiger partial charge in [-0.3, -0.25) is 0 Å². The second kappa shape index (κ2) is 3.25. The molecule has 0 N–H and O–H groups in total. The molecule has 3 aliphatic rings. The topological polar surface area (TPSA) is 9.23 Å². The minimum Gasteiger partial charge on any atom is -0.374 e. The summed E-state index contributed by atoms with van der Waals surface area (Å²) in [6.07, 6.45) is 12.5. The van der Waals surface area contributed by atoms with Crippen molar-refractivity contribution in [3.8, 4) is 0 Å². The van der Waals surface area contributed by atoms with Crippen LogP contribution in [0.2, 0.25) is 5.82 Å². The second-order valence-electron chi connectivity index (χ2n) is 5.71. The summed E-state index contributed by atoms with van der Waals surface area (Å²) in [5.74, 6) is 2.14. The van der Waals surface area contributed by atoms with Gasteiger partial charge in [-0.15, -0.1) is 0 Å². The number of rotatable bonds is 0. The molecule has 80 valence electrons. The Bertz CT molecular complexity index is 322. The molecule has 0 aromatic rings. The van der Waals surface area contributed by atoms with E-state index in [4.69, 9.17) is 4.74 Å². The lowest BCUT2D eigenvalue weighted by molar-refractivity contribution is 0.0794. The molecule has 3 rings (SSSR count). The van der Waals surface area contributed by atoms with Gasteiger partial charge >= 0.3 is 0 Å². The van der Waals surface area contributed by atoms with Crippen molar-refractivity contribution < 1.29 is 4.74 Å². The maximum absolute atomic E-state index is 5.84. The number of hydrogen-bond donors (Lipinski definition) is 0. The van der Waals surface area contributed by atoms with Crippen LogP contribution < -0.4 is 0 Å². The summed E-state index contributed by atoms with van der Waals surface area (Å²) >= 11 is 0. The van der Waals surface area contributed by atoms with Crippen LogP contribution in [0.3, 0.4) is 0 Å². The lowest BCUT2D eigenvalue weighted by atomic mass is 9.56. The molecule has 1 aliphatic heterocycles. The lowest BCUT2D eigenvalue weighted by Crippen LogP contribution is -2.40. The van der Waals surface area contributed by atoms with Crippen LogP contribution in [0.1, 0.15) is 19.8 Å². The molecule has 0 amide bonds. The third-order valence-electron chi connectivity index (χ3n) is 4.62. The Morgan fingerprint density at radius 2 is 2.27 bits per heavy atom. The first-order chi connectivity index (χ1) is 7.21. The Morgan fingerprint density at radius 1 is 1.40 bits per heavy atom. The van der Waals surface area contributed by atoms with Crippen molar-refractivity contribution in [1.29, 1.82) is 0 Å². The lowest BCUT2D eigenvalue weighted by Gasteiger charge is -2.45. The SMILES string of the molecule is BC1COC2C=CC3(C)CCC=CC3[C@H]12. The minimum absolute atomic E-state index is 0.390. The maximum Gasteiger partial charge on any atom is 0.108 e. The Hall–Kier alpha value is -0.495. The summed E-state index contributed by atoms with van der Waals surface area (Å²) in [5.41, 5.74) is 0.401. The maximum atomic E-state index is 5.84. The quantitative estimate of drug-likeness (QED) is 0.431. The van der Waals surface area contributed by atoms with Crippen molar-refractivity contribution in [1.82, 2.24) is 0 Å². The molecule has 5 atom stereocenters. The van der Waals surface area contributed by atoms with Crippen LogP contribution in [0, 0.1) is 17.3 Å². The average molecular weight is 202 g/mol. The van der Waals surface area contributed by atoms with Gasteiger partial charge in [-0.25, -0.2) is 0 Å². The molecule has 4 unspecified atom stereocenters.